The van der Waals surface area contributed by atoms with Gasteiger partial charge in [0.05, 0.1) is 6.61 Å². The Morgan fingerprint density at radius 2 is 1.78 bits per heavy atom. The second-order valence-corrected chi connectivity index (χ2v) is 6.24. The number of aliphatic hydroxyl groups is 1. The van der Waals surface area contributed by atoms with Gasteiger partial charge in [0.15, 0.2) is 0 Å². The third kappa shape index (κ3) is 5.50. The molecular formula is C15H31NOS. The van der Waals surface area contributed by atoms with Crippen LogP contribution < -0.4 is 0 Å². The molecule has 1 rings (SSSR count). The van der Waals surface area contributed by atoms with Crippen molar-refractivity contribution in [2.24, 2.45) is 5.41 Å². The molecule has 0 radical (unpaired) electrons. The van der Waals surface area contributed by atoms with Crippen LogP contribution in [0.1, 0.15) is 58.3 Å². The zero-order chi connectivity index (χ0) is 13.3. The van der Waals surface area contributed by atoms with Crippen LogP contribution in [0.2, 0.25) is 0 Å². The molecule has 1 aliphatic rings. The molecule has 0 unspecified atom stereocenters. The SMILES string of the molecule is CCCCN(CCO)CC1(CS)CCCCCC1. The maximum absolute atomic E-state index is 9.22. The van der Waals surface area contributed by atoms with E-state index in [2.05, 4.69) is 24.5 Å². The summed E-state index contributed by atoms with van der Waals surface area (Å²) in [4.78, 5) is 2.46. The molecule has 0 amide bonds. The highest BCUT2D eigenvalue weighted by Gasteiger charge is 2.31. The zero-order valence-electron chi connectivity index (χ0n) is 12.0. The molecule has 0 aliphatic heterocycles. The van der Waals surface area contributed by atoms with Crippen molar-refractivity contribution in [3.63, 3.8) is 0 Å². The molecule has 1 fully saturated rings. The molecule has 108 valence electrons. The highest BCUT2D eigenvalue weighted by Crippen LogP contribution is 2.36. The minimum Gasteiger partial charge on any atom is -0.395 e. The summed E-state index contributed by atoms with van der Waals surface area (Å²) in [7, 11) is 0. The Morgan fingerprint density at radius 3 is 2.28 bits per heavy atom. The smallest absolute Gasteiger partial charge is 0.0558 e. The molecule has 1 N–H and O–H groups in total. The topological polar surface area (TPSA) is 23.5 Å². The third-order valence-corrected chi connectivity index (χ3v) is 4.97. The summed E-state index contributed by atoms with van der Waals surface area (Å²) in [5.41, 5.74) is 0.405. The van der Waals surface area contributed by atoms with Gasteiger partial charge in [-0.2, -0.15) is 12.6 Å². The lowest BCUT2D eigenvalue weighted by atomic mass is 9.81. The molecule has 0 heterocycles. The summed E-state index contributed by atoms with van der Waals surface area (Å²) in [5, 5.41) is 9.22. The number of unbranched alkanes of at least 4 members (excludes halogenated alkanes) is 1. The first-order valence-electron chi connectivity index (χ1n) is 7.70. The molecule has 0 saturated heterocycles. The summed E-state index contributed by atoms with van der Waals surface area (Å²) in [5.74, 6) is 1.00. The lowest BCUT2D eigenvalue weighted by Crippen LogP contribution is -2.40. The average Bonchev–Trinajstić information content (AvgIpc) is 2.62. The van der Waals surface area contributed by atoms with Crippen molar-refractivity contribution in [2.75, 3.05) is 32.0 Å². The molecule has 0 aromatic rings. The average molecular weight is 273 g/mol. The molecule has 0 spiro atoms. The van der Waals surface area contributed by atoms with Crippen LogP contribution >= 0.6 is 12.6 Å². The van der Waals surface area contributed by atoms with E-state index in [9.17, 15) is 5.11 Å². The Morgan fingerprint density at radius 1 is 1.11 bits per heavy atom. The van der Waals surface area contributed by atoms with E-state index in [1.54, 1.807) is 0 Å². The number of thiol groups is 1. The highest BCUT2D eigenvalue weighted by molar-refractivity contribution is 7.80. The number of nitrogens with zero attached hydrogens (tertiary/aromatic N) is 1. The summed E-state index contributed by atoms with van der Waals surface area (Å²) in [6.45, 7) is 5.61. The summed E-state index contributed by atoms with van der Waals surface area (Å²) in [6.07, 6.45) is 10.6. The first kappa shape index (κ1) is 16.3. The predicted octanol–water partition coefficient (Wildman–Crippen LogP) is 3.35. The standard InChI is InChI=1S/C15H31NOS/c1-2-3-10-16(11-12-17)13-15(14-18)8-6-4-5-7-9-15/h17-18H,2-14H2,1H3. The van der Waals surface area contributed by atoms with Gasteiger partial charge >= 0.3 is 0 Å². The largest absolute Gasteiger partial charge is 0.395 e. The van der Waals surface area contributed by atoms with Gasteiger partial charge in [-0.05, 0) is 37.0 Å². The van der Waals surface area contributed by atoms with Gasteiger partial charge in [0.25, 0.3) is 0 Å². The van der Waals surface area contributed by atoms with Crippen LogP contribution in [0.5, 0.6) is 0 Å². The monoisotopic (exact) mass is 273 g/mol. The fourth-order valence-electron chi connectivity index (χ4n) is 3.11. The van der Waals surface area contributed by atoms with Crippen molar-refractivity contribution >= 4 is 12.6 Å². The van der Waals surface area contributed by atoms with Crippen LogP contribution in [0, 0.1) is 5.41 Å². The van der Waals surface area contributed by atoms with Crippen molar-refractivity contribution in [1.29, 1.82) is 0 Å². The van der Waals surface area contributed by atoms with E-state index >= 15 is 0 Å². The second kappa shape index (κ2) is 9.22. The van der Waals surface area contributed by atoms with Crippen LogP contribution in [0.15, 0.2) is 0 Å². The summed E-state index contributed by atoms with van der Waals surface area (Å²) >= 11 is 4.64. The molecule has 1 aliphatic carbocycles. The molecule has 0 aromatic heterocycles. The van der Waals surface area contributed by atoms with E-state index in [0.717, 1.165) is 25.4 Å². The van der Waals surface area contributed by atoms with Crippen molar-refractivity contribution < 1.29 is 5.11 Å². The van der Waals surface area contributed by atoms with Crippen LogP contribution in [0.25, 0.3) is 0 Å². The Bertz CT molecular complexity index is 203. The van der Waals surface area contributed by atoms with Crippen molar-refractivity contribution in [3.8, 4) is 0 Å². The molecule has 1 saturated carbocycles. The Kier molecular flexibility index (Phi) is 8.36. The first-order chi connectivity index (χ1) is 8.76. The van der Waals surface area contributed by atoms with E-state index in [1.807, 2.05) is 0 Å². The number of aliphatic hydroxyl groups excluding tert-OH is 1. The lowest BCUT2D eigenvalue weighted by Gasteiger charge is -2.37. The predicted molar refractivity (Wildman–Crippen MR) is 82.4 cm³/mol. The Balaban J connectivity index is 2.55. The van der Waals surface area contributed by atoms with Gasteiger partial charge in [-0.15, -0.1) is 0 Å². The van der Waals surface area contributed by atoms with E-state index < -0.39 is 0 Å². The molecular weight excluding hydrogens is 242 g/mol. The maximum Gasteiger partial charge on any atom is 0.0558 e. The normalized spacial score (nSPS) is 20.0. The minimum absolute atomic E-state index is 0.284. The van der Waals surface area contributed by atoms with Gasteiger partial charge in [-0.1, -0.05) is 39.0 Å². The molecule has 18 heavy (non-hydrogen) atoms. The van der Waals surface area contributed by atoms with Crippen LogP contribution in [-0.4, -0.2) is 42.0 Å². The second-order valence-electron chi connectivity index (χ2n) is 5.93. The molecule has 0 bridgehead atoms. The maximum atomic E-state index is 9.22. The fraction of sp³-hybridized carbons (Fsp3) is 1.00. The van der Waals surface area contributed by atoms with E-state index in [-0.39, 0.29) is 6.61 Å². The van der Waals surface area contributed by atoms with Crippen molar-refractivity contribution in [2.45, 2.75) is 58.3 Å². The number of hydrogen-bond acceptors (Lipinski definition) is 3. The van der Waals surface area contributed by atoms with Gasteiger partial charge < -0.3 is 10.0 Å². The highest BCUT2D eigenvalue weighted by atomic mass is 32.1. The van der Waals surface area contributed by atoms with Crippen LogP contribution in [0.4, 0.5) is 0 Å². The van der Waals surface area contributed by atoms with Gasteiger partial charge in [-0.3, -0.25) is 0 Å². The molecule has 0 atom stereocenters. The van der Waals surface area contributed by atoms with E-state index in [1.165, 1.54) is 51.4 Å². The Labute approximate surface area is 119 Å². The first-order valence-corrected chi connectivity index (χ1v) is 8.33. The van der Waals surface area contributed by atoms with Crippen molar-refractivity contribution in [1.82, 2.24) is 4.90 Å². The van der Waals surface area contributed by atoms with Gasteiger partial charge in [-0.25, -0.2) is 0 Å². The molecule has 0 aromatic carbocycles. The van der Waals surface area contributed by atoms with E-state index in [0.29, 0.717) is 5.41 Å². The Hall–Kier alpha value is 0.270. The fourth-order valence-corrected chi connectivity index (χ4v) is 3.53. The van der Waals surface area contributed by atoms with Gasteiger partial charge in [0, 0.05) is 13.1 Å². The lowest BCUT2D eigenvalue weighted by molar-refractivity contribution is 0.124. The van der Waals surface area contributed by atoms with Gasteiger partial charge in [0.1, 0.15) is 0 Å². The van der Waals surface area contributed by atoms with Crippen LogP contribution in [0.3, 0.4) is 0 Å². The zero-order valence-corrected chi connectivity index (χ0v) is 12.9. The summed E-state index contributed by atoms with van der Waals surface area (Å²) < 4.78 is 0. The van der Waals surface area contributed by atoms with E-state index in [4.69, 9.17) is 0 Å². The number of rotatable bonds is 8. The number of hydrogen-bond donors (Lipinski definition) is 2. The van der Waals surface area contributed by atoms with Crippen LogP contribution in [-0.2, 0) is 0 Å². The van der Waals surface area contributed by atoms with Gasteiger partial charge in [0.2, 0.25) is 0 Å². The quantitative estimate of drug-likeness (QED) is 0.523. The third-order valence-electron chi connectivity index (χ3n) is 4.30. The molecule has 3 heteroatoms. The summed E-state index contributed by atoms with van der Waals surface area (Å²) in [6, 6.07) is 0. The minimum atomic E-state index is 0.284. The molecule has 2 nitrogen and oxygen atoms in total. The van der Waals surface area contributed by atoms with Crippen molar-refractivity contribution in [3.05, 3.63) is 0 Å².